The maximum absolute atomic E-state index is 11.1. The van der Waals surface area contributed by atoms with Gasteiger partial charge in [-0.2, -0.15) is 0 Å². The van der Waals surface area contributed by atoms with Crippen LogP contribution in [0.15, 0.2) is 77.3 Å². The minimum absolute atomic E-state index is 0.205. The molecule has 1 aromatic heterocycles. The monoisotopic (exact) mass is 479 g/mol. The summed E-state index contributed by atoms with van der Waals surface area (Å²) < 4.78 is 10.8. The third-order valence-electron chi connectivity index (χ3n) is 5.10. The summed E-state index contributed by atoms with van der Waals surface area (Å²) in [5.41, 5.74) is 3.81. The summed E-state index contributed by atoms with van der Waals surface area (Å²) in [6.07, 6.45) is 0.695. The Balaban J connectivity index is 1.49. The lowest BCUT2D eigenvalue weighted by molar-refractivity contribution is 0.0696. The molecule has 0 aliphatic rings. The molecule has 31 heavy (non-hydrogen) atoms. The lowest BCUT2D eigenvalue weighted by atomic mass is 10.2. The molecule has 0 saturated carbocycles. The third-order valence-corrected chi connectivity index (χ3v) is 5.63. The summed E-state index contributed by atoms with van der Waals surface area (Å²) in [7, 11) is 0. The maximum Gasteiger partial charge on any atom is 0.335 e. The maximum atomic E-state index is 11.1. The molecular formula is C24H22BrN3O3. The van der Waals surface area contributed by atoms with Crippen molar-refractivity contribution in [2.45, 2.75) is 19.5 Å². The molecular weight excluding hydrogens is 458 g/mol. The normalized spacial score (nSPS) is 11.0. The first-order valence-corrected chi connectivity index (χ1v) is 10.8. The number of halogens is 1. The number of hydrogen-bond donors (Lipinski definition) is 2. The number of carboxylic acid groups (broad SMARTS) is 1. The minimum Gasteiger partial charge on any atom is -0.494 e. The number of fused-ring (bicyclic) bond motifs is 1. The summed E-state index contributed by atoms with van der Waals surface area (Å²) >= 11 is 3.46. The van der Waals surface area contributed by atoms with E-state index < -0.39 is 5.97 Å². The summed E-state index contributed by atoms with van der Waals surface area (Å²) in [5, 5.41) is 17.8. The molecule has 0 aliphatic carbocycles. The standard InChI is InChI=1S/C24H22BrN3O3/c25-19-11-9-17(10-12-19)16-28-22-8-2-1-7-21(22)27(24(28)26)13-4-14-31-20-6-3-5-18(15-20)23(29)30/h1-3,5-12,15,26H,4,13-14,16H2,(H,29,30). The highest BCUT2D eigenvalue weighted by atomic mass is 79.9. The van der Waals surface area contributed by atoms with E-state index in [-0.39, 0.29) is 5.56 Å². The van der Waals surface area contributed by atoms with Gasteiger partial charge in [-0.05, 0) is 54.4 Å². The van der Waals surface area contributed by atoms with Crippen molar-refractivity contribution >= 4 is 32.9 Å². The van der Waals surface area contributed by atoms with E-state index >= 15 is 0 Å². The van der Waals surface area contributed by atoms with Gasteiger partial charge >= 0.3 is 5.97 Å². The Morgan fingerprint density at radius 1 is 0.968 bits per heavy atom. The number of ether oxygens (including phenoxy) is 1. The van der Waals surface area contributed by atoms with Crippen molar-refractivity contribution in [3.63, 3.8) is 0 Å². The van der Waals surface area contributed by atoms with E-state index in [4.69, 9.17) is 15.3 Å². The fraction of sp³-hybridized carbons (Fsp3) is 0.167. The van der Waals surface area contributed by atoms with Crippen molar-refractivity contribution in [1.82, 2.24) is 9.13 Å². The molecule has 0 amide bonds. The molecule has 0 aliphatic heterocycles. The van der Waals surface area contributed by atoms with E-state index in [0.29, 0.717) is 37.5 Å². The van der Waals surface area contributed by atoms with Crippen LogP contribution in [0.2, 0.25) is 0 Å². The van der Waals surface area contributed by atoms with Crippen LogP contribution in [0.25, 0.3) is 11.0 Å². The van der Waals surface area contributed by atoms with Gasteiger partial charge in [-0.1, -0.05) is 46.3 Å². The van der Waals surface area contributed by atoms with Gasteiger partial charge in [0.1, 0.15) is 5.75 Å². The molecule has 0 fully saturated rings. The summed E-state index contributed by atoms with van der Waals surface area (Å²) in [5.74, 6) is -0.438. The van der Waals surface area contributed by atoms with Gasteiger partial charge in [0.2, 0.25) is 5.62 Å². The van der Waals surface area contributed by atoms with Gasteiger partial charge in [0.15, 0.2) is 0 Å². The average molecular weight is 480 g/mol. The second kappa shape index (κ2) is 9.22. The predicted octanol–water partition coefficient (Wildman–Crippen LogP) is 4.90. The van der Waals surface area contributed by atoms with E-state index in [2.05, 4.69) is 28.1 Å². The molecule has 0 radical (unpaired) electrons. The number of para-hydroxylation sites is 2. The number of aromatic carboxylic acids is 1. The molecule has 0 unspecified atom stereocenters. The van der Waals surface area contributed by atoms with Crippen LogP contribution < -0.4 is 10.4 Å². The molecule has 0 atom stereocenters. The minimum atomic E-state index is -0.974. The predicted molar refractivity (Wildman–Crippen MR) is 123 cm³/mol. The van der Waals surface area contributed by atoms with Gasteiger partial charge in [0.25, 0.3) is 0 Å². The molecule has 6 nitrogen and oxygen atoms in total. The van der Waals surface area contributed by atoms with Crippen LogP contribution in [0.4, 0.5) is 0 Å². The third kappa shape index (κ3) is 4.72. The van der Waals surface area contributed by atoms with Crippen molar-refractivity contribution < 1.29 is 14.6 Å². The van der Waals surface area contributed by atoms with Crippen molar-refractivity contribution in [3.8, 4) is 5.75 Å². The number of carbonyl (C=O) groups is 1. The highest BCUT2D eigenvalue weighted by molar-refractivity contribution is 9.10. The molecule has 7 heteroatoms. The zero-order valence-electron chi connectivity index (χ0n) is 16.8. The molecule has 4 aromatic rings. The molecule has 2 N–H and O–H groups in total. The fourth-order valence-electron chi connectivity index (χ4n) is 3.58. The van der Waals surface area contributed by atoms with E-state index in [9.17, 15) is 4.79 Å². The molecule has 4 rings (SSSR count). The molecule has 1 heterocycles. The summed E-state index contributed by atoms with van der Waals surface area (Å²) in [6, 6.07) is 22.7. The first kappa shape index (κ1) is 20.9. The molecule has 0 spiro atoms. The van der Waals surface area contributed by atoms with Crippen LogP contribution in [0.5, 0.6) is 5.75 Å². The van der Waals surface area contributed by atoms with Gasteiger partial charge in [-0.25, -0.2) is 4.79 Å². The average Bonchev–Trinajstić information content (AvgIpc) is 3.04. The highest BCUT2D eigenvalue weighted by Gasteiger charge is 2.11. The largest absolute Gasteiger partial charge is 0.494 e. The topological polar surface area (TPSA) is 80.2 Å². The van der Waals surface area contributed by atoms with Crippen LogP contribution >= 0.6 is 15.9 Å². The van der Waals surface area contributed by atoms with Crippen LogP contribution in [-0.2, 0) is 13.1 Å². The number of nitrogens with zero attached hydrogens (tertiary/aromatic N) is 2. The van der Waals surface area contributed by atoms with Crippen molar-refractivity contribution in [3.05, 3.63) is 94.0 Å². The zero-order chi connectivity index (χ0) is 21.8. The Morgan fingerprint density at radius 3 is 2.39 bits per heavy atom. The second-order valence-corrected chi connectivity index (χ2v) is 8.13. The van der Waals surface area contributed by atoms with E-state index in [1.807, 2.05) is 45.5 Å². The Bertz CT molecular complexity index is 1280. The fourth-order valence-corrected chi connectivity index (χ4v) is 3.85. The SMILES string of the molecule is N=c1n(CCCOc2cccc(C(=O)O)c2)c2ccccc2n1Cc1ccc(Br)cc1. The first-order chi connectivity index (χ1) is 15.0. The molecule has 158 valence electrons. The van der Waals surface area contributed by atoms with Crippen molar-refractivity contribution in [2.75, 3.05) is 6.61 Å². The van der Waals surface area contributed by atoms with Gasteiger partial charge in [-0.3, -0.25) is 5.41 Å². The Labute approximate surface area is 188 Å². The Kier molecular flexibility index (Phi) is 6.23. The first-order valence-electron chi connectivity index (χ1n) is 9.96. The summed E-state index contributed by atoms with van der Waals surface area (Å²) in [6.45, 7) is 1.69. The lowest BCUT2D eigenvalue weighted by Crippen LogP contribution is -2.25. The van der Waals surface area contributed by atoms with Crippen molar-refractivity contribution in [2.24, 2.45) is 0 Å². The quantitative estimate of drug-likeness (QED) is 0.352. The summed E-state index contributed by atoms with van der Waals surface area (Å²) in [4.78, 5) is 11.1. The Morgan fingerprint density at radius 2 is 1.68 bits per heavy atom. The van der Waals surface area contributed by atoms with Crippen LogP contribution in [0.1, 0.15) is 22.3 Å². The number of carboxylic acids is 1. The molecule has 3 aromatic carbocycles. The highest BCUT2D eigenvalue weighted by Crippen LogP contribution is 2.17. The van der Waals surface area contributed by atoms with Crippen molar-refractivity contribution in [1.29, 1.82) is 5.41 Å². The number of aromatic nitrogens is 2. The van der Waals surface area contributed by atoms with Gasteiger partial charge < -0.3 is 19.0 Å². The number of rotatable bonds is 8. The second-order valence-electron chi connectivity index (χ2n) is 7.21. The van der Waals surface area contributed by atoms with Gasteiger partial charge in [-0.15, -0.1) is 0 Å². The van der Waals surface area contributed by atoms with Crippen LogP contribution in [-0.4, -0.2) is 26.8 Å². The number of nitrogens with one attached hydrogen (secondary N) is 1. The van der Waals surface area contributed by atoms with E-state index in [1.54, 1.807) is 12.1 Å². The van der Waals surface area contributed by atoms with Gasteiger partial charge in [0.05, 0.1) is 29.7 Å². The zero-order valence-corrected chi connectivity index (χ0v) is 18.4. The van der Waals surface area contributed by atoms with Gasteiger partial charge in [0, 0.05) is 11.0 Å². The Hall–Kier alpha value is -3.32. The molecule has 0 saturated heterocycles. The van der Waals surface area contributed by atoms with Crippen LogP contribution in [0, 0.1) is 5.41 Å². The number of imidazole rings is 1. The van der Waals surface area contributed by atoms with Crippen LogP contribution in [0.3, 0.4) is 0 Å². The molecule has 0 bridgehead atoms. The van der Waals surface area contributed by atoms with E-state index in [0.717, 1.165) is 21.1 Å². The smallest absolute Gasteiger partial charge is 0.335 e. The lowest BCUT2D eigenvalue weighted by Gasteiger charge is -2.08. The van der Waals surface area contributed by atoms with E-state index in [1.165, 1.54) is 12.1 Å². The number of benzene rings is 3. The number of aryl methyl sites for hydroxylation is 1. The number of hydrogen-bond acceptors (Lipinski definition) is 3.